The molecular weight excluding hydrogens is 323 g/mol. The van der Waals surface area contributed by atoms with E-state index in [0.717, 1.165) is 0 Å². The second-order valence-electron chi connectivity index (χ2n) is 4.38. The largest absolute Gasteiger partial charge is 0.353 e. The molecule has 1 amide bonds. The highest BCUT2D eigenvalue weighted by Crippen LogP contribution is 2.32. The second kappa shape index (κ2) is 5.89. The first-order chi connectivity index (χ1) is 9.39. The Kier molecular flexibility index (Phi) is 4.59. The zero-order valence-corrected chi connectivity index (χ0v) is 13.1. The number of amides is 1. The maximum atomic E-state index is 12.7. The Morgan fingerprint density at radius 2 is 2.10 bits per heavy atom. The first-order valence-corrected chi connectivity index (χ1v) is 8.32. The summed E-state index contributed by atoms with van der Waals surface area (Å²) in [5.41, 5.74) is 0. The van der Waals surface area contributed by atoms with Gasteiger partial charge in [-0.05, 0) is 18.6 Å². The Bertz CT molecular complexity index is 634. The molecule has 2 rings (SSSR count). The maximum absolute atomic E-state index is 12.7. The molecule has 1 aromatic carbocycles. The Balaban J connectivity index is 2.48. The molecule has 0 spiro atoms. The molecule has 1 fully saturated rings. The van der Waals surface area contributed by atoms with Crippen LogP contribution in [0.3, 0.4) is 0 Å². The van der Waals surface area contributed by atoms with Crippen molar-refractivity contribution in [2.75, 3.05) is 13.1 Å². The Morgan fingerprint density at radius 1 is 1.40 bits per heavy atom. The molecule has 8 heteroatoms. The summed E-state index contributed by atoms with van der Waals surface area (Å²) >= 11 is 11.8. The lowest BCUT2D eigenvalue weighted by molar-refractivity contribution is -0.126. The van der Waals surface area contributed by atoms with E-state index in [2.05, 4.69) is 5.32 Å². The van der Waals surface area contributed by atoms with Crippen molar-refractivity contribution >= 4 is 39.1 Å². The minimum absolute atomic E-state index is 0.0185. The average Bonchev–Trinajstić information content (AvgIpc) is 2.41. The van der Waals surface area contributed by atoms with Crippen molar-refractivity contribution < 1.29 is 13.2 Å². The smallest absolute Gasteiger partial charge is 0.245 e. The molecule has 1 aliphatic rings. The number of hydrogen-bond donors (Lipinski definition) is 1. The van der Waals surface area contributed by atoms with E-state index in [1.165, 1.54) is 22.5 Å². The van der Waals surface area contributed by atoms with E-state index in [0.29, 0.717) is 6.42 Å². The fourth-order valence-corrected chi connectivity index (χ4v) is 4.58. The van der Waals surface area contributed by atoms with Crippen LogP contribution in [0.1, 0.15) is 13.3 Å². The first-order valence-electron chi connectivity index (χ1n) is 6.13. The first kappa shape index (κ1) is 15.6. The molecule has 5 nitrogen and oxygen atoms in total. The molecule has 0 saturated carbocycles. The van der Waals surface area contributed by atoms with Gasteiger partial charge in [0.05, 0.1) is 10.0 Å². The van der Waals surface area contributed by atoms with E-state index in [-0.39, 0.29) is 33.9 Å². The number of sulfonamides is 1. The number of benzene rings is 1. The predicted octanol–water partition coefficient (Wildman–Crippen LogP) is 1.89. The van der Waals surface area contributed by atoms with Crippen LogP contribution in [0.25, 0.3) is 0 Å². The lowest BCUT2D eigenvalue weighted by Gasteiger charge is -2.33. The third-order valence-corrected chi connectivity index (χ3v) is 6.05. The van der Waals surface area contributed by atoms with Crippen molar-refractivity contribution in [1.29, 1.82) is 0 Å². The van der Waals surface area contributed by atoms with Crippen LogP contribution in [0.2, 0.25) is 10.0 Å². The molecule has 1 unspecified atom stereocenters. The summed E-state index contributed by atoms with van der Waals surface area (Å²) in [6.07, 6.45) is 0.392. The van der Waals surface area contributed by atoms with Gasteiger partial charge in [-0.15, -0.1) is 0 Å². The molecule has 1 heterocycles. The molecular formula is C12H14Cl2N2O3S. The van der Waals surface area contributed by atoms with E-state index >= 15 is 0 Å². The quantitative estimate of drug-likeness (QED) is 0.916. The van der Waals surface area contributed by atoms with Gasteiger partial charge in [0.1, 0.15) is 10.9 Å². The van der Waals surface area contributed by atoms with Crippen molar-refractivity contribution in [3.8, 4) is 0 Å². The summed E-state index contributed by atoms with van der Waals surface area (Å²) in [5.74, 6) is -0.291. The molecule has 1 atom stereocenters. The summed E-state index contributed by atoms with van der Waals surface area (Å²) in [6, 6.07) is 3.71. The topological polar surface area (TPSA) is 66.5 Å². The van der Waals surface area contributed by atoms with Crippen LogP contribution in [0.15, 0.2) is 23.1 Å². The summed E-state index contributed by atoms with van der Waals surface area (Å²) < 4.78 is 26.5. The van der Waals surface area contributed by atoms with Crippen molar-refractivity contribution in [3.05, 3.63) is 28.2 Å². The number of rotatable bonds is 3. The van der Waals surface area contributed by atoms with Crippen molar-refractivity contribution in [1.82, 2.24) is 9.62 Å². The number of halogens is 2. The van der Waals surface area contributed by atoms with Crippen LogP contribution in [0.5, 0.6) is 0 Å². The van der Waals surface area contributed by atoms with Crippen LogP contribution >= 0.6 is 23.2 Å². The zero-order chi connectivity index (χ0) is 14.9. The van der Waals surface area contributed by atoms with E-state index < -0.39 is 16.1 Å². The van der Waals surface area contributed by atoms with Crippen LogP contribution in [0.4, 0.5) is 0 Å². The van der Waals surface area contributed by atoms with Gasteiger partial charge in [0.2, 0.25) is 15.9 Å². The maximum Gasteiger partial charge on any atom is 0.245 e. The second-order valence-corrected chi connectivity index (χ2v) is 7.03. The Labute approximate surface area is 127 Å². The third-order valence-electron chi connectivity index (χ3n) is 3.17. The molecule has 20 heavy (non-hydrogen) atoms. The summed E-state index contributed by atoms with van der Waals surface area (Å²) in [7, 11) is -3.85. The minimum atomic E-state index is -3.85. The van der Waals surface area contributed by atoms with Gasteiger partial charge in [-0.1, -0.05) is 36.2 Å². The van der Waals surface area contributed by atoms with E-state index in [1.807, 2.05) is 0 Å². The molecule has 110 valence electrons. The number of hydrogen-bond acceptors (Lipinski definition) is 3. The fraction of sp³-hybridized carbons (Fsp3) is 0.417. The average molecular weight is 337 g/mol. The molecule has 0 bridgehead atoms. The molecule has 1 N–H and O–H groups in total. The molecule has 0 aromatic heterocycles. The van der Waals surface area contributed by atoms with E-state index in [9.17, 15) is 13.2 Å². The predicted molar refractivity (Wildman–Crippen MR) is 77.4 cm³/mol. The van der Waals surface area contributed by atoms with Crippen LogP contribution in [-0.4, -0.2) is 37.8 Å². The van der Waals surface area contributed by atoms with Gasteiger partial charge < -0.3 is 5.32 Å². The van der Waals surface area contributed by atoms with Gasteiger partial charge in [0, 0.05) is 13.1 Å². The van der Waals surface area contributed by atoms with Crippen LogP contribution < -0.4 is 5.32 Å². The van der Waals surface area contributed by atoms with Crippen LogP contribution in [-0.2, 0) is 14.8 Å². The van der Waals surface area contributed by atoms with Gasteiger partial charge in [-0.25, -0.2) is 8.42 Å². The molecule has 0 radical (unpaired) electrons. The molecule has 1 aromatic rings. The molecule has 1 saturated heterocycles. The third kappa shape index (κ3) is 2.65. The summed E-state index contributed by atoms with van der Waals surface area (Å²) in [6.45, 7) is 2.26. The van der Waals surface area contributed by atoms with Crippen LogP contribution in [0, 0.1) is 0 Å². The number of piperazine rings is 1. The number of carbonyl (C=O) groups is 1. The monoisotopic (exact) mass is 336 g/mol. The molecule has 0 aliphatic carbocycles. The molecule has 1 aliphatic heterocycles. The standard InChI is InChI=1S/C12H14Cl2N2O3S/c1-2-9-12(17)15-6-7-16(9)20(18,19)10-5-3-4-8(13)11(10)14/h3-5,9H,2,6-7H2,1H3,(H,15,17). The zero-order valence-electron chi connectivity index (χ0n) is 10.8. The van der Waals surface area contributed by atoms with Gasteiger partial charge in [-0.2, -0.15) is 4.31 Å². The number of carbonyl (C=O) groups excluding carboxylic acids is 1. The van der Waals surface area contributed by atoms with Crippen molar-refractivity contribution in [2.45, 2.75) is 24.3 Å². The van der Waals surface area contributed by atoms with Crippen molar-refractivity contribution in [3.63, 3.8) is 0 Å². The Morgan fingerprint density at radius 3 is 2.75 bits per heavy atom. The van der Waals surface area contributed by atoms with E-state index in [1.54, 1.807) is 6.92 Å². The highest BCUT2D eigenvalue weighted by Gasteiger charge is 2.38. The Hall–Kier alpha value is -0.820. The van der Waals surface area contributed by atoms with Gasteiger partial charge in [0.25, 0.3) is 0 Å². The number of nitrogens with one attached hydrogen (secondary N) is 1. The fourth-order valence-electron chi connectivity index (χ4n) is 2.18. The normalized spacial score (nSPS) is 20.8. The SMILES string of the molecule is CCC1C(=O)NCCN1S(=O)(=O)c1cccc(Cl)c1Cl. The summed E-state index contributed by atoms with van der Waals surface area (Å²) in [5, 5.41) is 2.81. The van der Waals surface area contributed by atoms with Crippen molar-refractivity contribution in [2.24, 2.45) is 0 Å². The van der Waals surface area contributed by atoms with Gasteiger partial charge in [0.15, 0.2) is 0 Å². The van der Waals surface area contributed by atoms with E-state index in [4.69, 9.17) is 23.2 Å². The lowest BCUT2D eigenvalue weighted by Crippen LogP contribution is -2.56. The number of nitrogens with zero attached hydrogens (tertiary/aromatic N) is 1. The minimum Gasteiger partial charge on any atom is -0.353 e. The van der Waals surface area contributed by atoms with Gasteiger partial charge in [-0.3, -0.25) is 4.79 Å². The van der Waals surface area contributed by atoms with Gasteiger partial charge >= 0.3 is 0 Å². The highest BCUT2D eigenvalue weighted by molar-refractivity contribution is 7.89. The lowest BCUT2D eigenvalue weighted by atomic mass is 10.2. The highest BCUT2D eigenvalue weighted by atomic mass is 35.5. The summed E-state index contributed by atoms with van der Waals surface area (Å²) in [4.78, 5) is 11.7.